The third-order valence-corrected chi connectivity index (χ3v) is 5.23. The summed E-state index contributed by atoms with van der Waals surface area (Å²) >= 11 is 0. The van der Waals surface area contributed by atoms with Crippen molar-refractivity contribution in [3.63, 3.8) is 0 Å². The molecule has 0 unspecified atom stereocenters. The van der Waals surface area contributed by atoms with E-state index in [0.717, 1.165) is 24.1 Å². The molecule has 2 aromatic rings. The van der Waals surface area contributed by atoms with Crippen LogP contribution in [0.3, 0.4) is 0 Å². The van der Waals surface area contributed by atoms with Crippen LogP contribution in [-0.2, 0) is 29.3 Å². The molecule has 3 rings (SSSR count). The Kier molecular flexibility index (Phi) is 5.06. The largest absolute Gasteiger partial charge is 0.370 e. The zero-order valence-electron chi connectivity index (χ0n) is 13.9. The molecule has 0 fully saturated rings. The minimum Gasteiger partial charge on any atom is -0.370 e. The highest BCUT2D eigenvalue weighted by atomic mass is 32.2. The number of rotatable bonds is 5. The maximum absolute atomic E-state index is 11.2. The second-order valence-electron chi connectivity index (χ2n) is 6.17. The van der Waals surface area contributed by atoms with Gasteiger partial charge in [0, 0.05) is 12.2 Å². The minimum absolute atomic E-state index is 0.109. The molecule has 7 heteroatoms. The van der Waals surface area contributed by atoms with Crippen LogP contribution in [0.5, 0.6) is 0 Å². The minimum atomic E-state index is -3.65. The number of anilines is 1. The molecular formula is C18H22N4O2S. The summed E-state index contributed by atoms with van der Waals surface area (Å²) < 4.78 is 22.4. The lowest BCUT2D eigenvalue weighted by Crippen LogP contribution is -2.23. The van der Waals surface area contributed by atoms with Crippen LogP contribution in [0.2, 0.25) is 0 Å². The lowest BCUT2D eigenvalue weighted by Gasteiger charge is -2.08. The molecule has 0 heterocycles. The smallest absolute Gasteiger partial charge is 0.238 e. The number of nitrogens with two attached hydrogens (primary N) is 2. The van der Waals surface area contributed by atoms with Gasteiger partial charge in [-0.05, 0) is 66.6 Å². The van der Waals surface area contributed by atoms with Gasteiger partial charge >= 0.3 is 0 Å². The molecule has 0 saturated heterocycles. The number of hydrogen-bond donors (Lipinski definition) is 3. The number of primary sulfonamides is 1. The van der Waals surface area contributed by atoms with Crippen LogP contribution in [-0.4, -0.2) is 20.9 Å². The van der Waals surface area contributed by atoms with Crippen molar-refractivity contribution in [3.8, 4) is 0 Å². The molecule has 0 amide bonds. The van der Waals surface area contributed by atoms with Crippen LogP contribution in [0.15, 0.2) is 52.4 Å². The summed E-state index contributed by atoms with van der Waals surface area (Å²) in [5.41, 5.74) is 10.7. The van der Waals surface area contributed by atoms with Gasteiger partial charge in [0.2, 0.25) is 10.0 Å². The van der Waals surface area contributed by atoms with Gasteiger partial charge in [0.15, 0.2) is 5.96 Å². The molecule has 0 aliphatic heterocycles. The van der Waals surface area contributed by atoms with Crippen LogP contribution < -0.4 is 16.2 Å². The molecule has 0 radical (unpaired) electrons. The van der Waals surface area contributed by atoms with E-state index in [4.69, 9.17) is 10.9 Å². The molecule has 0 saturated carbocycles. The van der Waals surface area contributed by atoms with Crippen LogP contribution >= 0.6 is 0 Å². The zero-order valence-corrected chi connectivity index (χ0v) is 14.7. The van der Waals surface area contributed by atoms with Crippen molar-refractivity contribution in [2.45, 2.75) is 30.6 Å². The van der Waals surface area contributed by atoms with Gasteiger partial charge in [-0.15, -0.1) is 0 Å². The van der Waals surface area contributed by atoms with E-state index < -0.39 is 10.0 Å². The summed E-state index contributed by atoms with van der Waals surface area (Å²) in [5, 5.41) is 8.20. The van der Waals surface area contributed by atoms with E-state index in [1.165, 1.54) is 29.7 Å². The molecule has 1 aliphatic rings. The number of aryl methyl sites for hydroxylation is 2. The highest BCUT2D eigenvalue weighted by molar-refractivity contribution is 7.89. The number of guanidine groups is 1. The standard InChI is InChI=1S/C18H22N4O2S/c19-18(22-16-7-6-14-2-1-3-15(14)12-16)21-11-10-13-4-8-17(9-5-13)25(20,23)24/h4-9,12H,1-3,10-11H2,(H3,19,21,22)(H2,20,23,24). The number of benzene rings is 2. The average molecular weight is 358 g/mol. The Morgan fingerprint density at radius 1 is 1.08 bits per heavy atom. The normalized spacial score (nSPS) is 14.4. The molecular weight excluding hydrogens is 336 g/mol. The quantitative estimate of drug-likeness (QED) is 0.559. The number of nitrogens with one attached hydrogen (secondary N) is 1. The van der Waals surface area contributed by atoms with E-state index in [9.17, 15) is 8.42 Å². The van der Waals surface area contributed by atoms with Gasteiger partial charge in [-0.2, -0.15) is 0 Å². The molecule has 0 bridgehead atoms. The first-order chi connectivity index (χ1) is 11.9. The monoisotopic (exact) mass is 358 g/mol. The Morgan fingerprint density at radius 2 is 1.80 bits per heavy atom. The summed E-state index contributed by atoms with van der Waals surface area (Å²) in [6, 6.07) is 12.8. The molecule has 25 heavy (non-hydrogen) atoms. The Labute approximate surface area is 148 Å². The van der Waals surface area contributed by atoms with Crippen molar-refractivity contribution < 1.29 is 8.42 Å². The molecule has 1 aliphatic carbocycles. The van der Waals surface area contributed by atoms with Gasteiger partial charge in [0.05, 0.1) is 4.90 Å². The first kappa shape index (κ1) is 17.4. The summed E-state index contributed by atoms with van der Waals surface area (Å²) in [5.74, 6) is 0.374. The molecule has 0 aromatic heterocycles. The van der Waals surface area contributed by atoms with Crippen molar-refractivity contribution in [2.75, 3.05) is 11.9 Å². The second-order valence-corrected chi connectivity index (χ2v) is 7.73. The predicted molar refractivity (Wildman–Crippen MR) is 100 cm³/mol. The fraction of sp³-hybridized carbons (Fsp3) is 0.278. The first-order valence-electron chi connectivity index (χ1n) is 8.22. The van der Waals surface area contributed by atoms with E-state index >= 15 is 0 Å². The molecule has 2 aromatic carbocycles. The summed E-state index contributed by atoms with van der Waals surface area (Å²) in [4.78, 5) is 4.43. The van der Waals surface area contributed by atoms with E-state index in [1.807, 2.05) is 6.07 Å². The Hall–Kier alpha value is -2.38. The van der Waals surface area contributed by atoms with Gasteiger partial charge in [0.25, 0.3) is 0 Å². The van der Waals surface area contributed by atoms with Gasteiger partial charge in [-0.1, -0.05) is 18.2 Å². The maximum atomic E-state index is 11.2. The van der Waals surface area contributed by atoms with Gasteiger partial charge < -0.3 is 11.1 Å². The van der Waals surface area contributed by atoms with E-state index in [1.54, 1.807) is 12.1 Å². The fourth-order valence-corrected chi connectivity index (χ4v) is 3.50. The SMILES string of the molecule is NC(=NCCc1ccc(S(N)(=O)=O)cc1)Nc1ccc2c(c1)CCC2. The van der Waals surface area contributed by atoms with Crippen LogP contribution in [0.4, 0.5) is 5.69 Å². The van der Waals surface area contributed by atoms with Crippen LogP contribution in [0, 0.1) is 0 Å². The Balaban J connectivity index is 1.55. The van der Waals surface area contributed by atoms with Crippen molar-refractivity contribution in [2.24, 2.45) is 15.9 Å². The Bertz CT molecular complexity index is 890. The zero-order chi connectivity index (χ0) is 17.9. The molecule has 132 valence electrons. The topological polar surface area (TPSA) is 111 Å². The first-order valence-corrected chi connectivity index (χ1v) is 9.77. The van der Waals surface area contributed by atoms with Crippen molar-refractivity contribution in [1.29, 1.82) is 0 Å². The van der Waals surface area contributed by atoms with Gasteiger partial charge in [-0.25, -0.2) is 13.6 Å². The second kappa shape index (κ2) is 7.25. The van der Waals surface area contributed by atoms with E-state index in [0.29, 0.717) is 18.9 Å². The number of hydrogen-bond acceptors (Lipinski definition) is 3. The van der Waals surface area contributed by atoms with Gasteiger partial charge in [0.1, 0.15) is 0 Å². The summed E-state index contributed by atoms with van der Waals surface area (Å²) in [6.45, 7) is 0.512. The Morgan fingerprint density at radius 3 is 2.52 bits per heavy atom. The van der Waals surface area contributed by atoms with Gasteiger partial charge in [-0.3, -0.25) is 4.99 Å². The molecule has 0 spiro atoms. The fourth-order valence-electron chi connectivity index (χ4n) is 2.99. The third kappa shape index (κ3) is 4.58. The maximum Gasteiger partial charge on any atom is 0.238 e. The highest BCUT2D eigenvalue weighted by Gasteiger charge is 2.11. The van der Waals surface area contributed by atoms with Crippen molar-refractivity contribution >= 4 is 21.7 Å². The van der Waals surface area contributed by atoms with Crippen molar-refractivity contribution in [3.05, 3.63) is 59.2 Å². The lowest BCUT2D eigenvalue weighted by molar-refractivity contribution is 0.598. The number of aliphatic imine (C=N–C) groups is 1. The third-order valence-electron chi connectivity index (χ3n) is 4.31. The van der Waals surface area contributed by atoms with Crippen molar-refractivity contribution in [1.82, 2.24) is 0 Å². The highest BCUT2D eigenvalue weighted by Crippen LogP contribution is 2.24. The van der Waals surface area contributed by atoms with E-state index in [2.05, 4.69) is 22.4 Å². The predicted octanol–water partition coefficient (Wildman–Crippen LogP) is 1.79. The summed E-state index contributed by atoms with van der Waals surface area (Å²) in [7, 11) is -3.65. The van der Waals surface area contributed by atoms with Crippen LogP contribution in [0.25, 0.3) is 0 Å². The number of nitrogens with zero attached hydrogens (tertiary/aromatic N) is 1. The lowest BCUT2D eigenvalue weighted by atomic mass is 10.1. The average Bonchev–Trinajstić information content (AvgIpc) is 3.02. The van der Waals surface area contributed by atoms with Crippen LogP contribution in [0.1, 0.15) is 23.1 Å². The van der Waals surface area contributed by atoms with E-state index in [-0.39, 0.29) is 4.90 Å². The summed E-state index contributed by atoms with van der Waals surface area (Å²) in [6.07, 6.45) is 4.16. The number of sulfonamides is 1. The number of fused-ring (bicyclic) bond motifs is 1. The molecule has 5 N–H and O–H groups in total. The molecule has 6 nitrogen and oxygen atoms in total. The molecule has 0 atom stereocenters.